The first-order valence-electron chi connectivity index (χ1n) is 10.7. The van der Waals surface area contributed by atoms with Gasteiger partial charge in [0.2, 0.25) is 0 Å². The fraction of sp³-hybridized carbons (Fsp3) is 0.714. The molecule has 3 aliphatic rings. The van der Waals surface area contributed by atoms with Crippen molar-refractivity contribution in [3.8, 4) is 0 Å². The molecule has 2 saturated heterocycles. The summed E-state index contributed by atoms with van der Waals surface area (Å²) in [6, 6.07) is 0. The highest BCUT2D eigenvalue weighted by molar-refractivity contribution is 7.19. The van der Waals surface area contributed by atoms with E-state index in [1.54, 1.807) is 0 Å². The molecule has 1 aliphatic carbocycles. The number of nitrogens with zero attached hydrogens (tertiary/aromatic N) is 4. The van der Waals surface area contributed by atoms with Crippen molar-refractivity contribution in [3.63, 3.8) is 0 Å². The summed E-state index contributed by atoms with van der Waals surface area (Å²) in [5.41, 5.74) is 1.48. The molecule has 2 aromatic heterocycles. The van der Waals surface area contributed by atoms with Gasteiger partial charge in [-0.1, -0.05) is 6.92 Å². The van der Waals surface area contributed by atoms with Crippen LogP contribution in [0.4, 0.5) is 5.82 Å². The summed E-state index contributed by atoms with van der Waals surface area (Å²) in [7, 11) is 0. The minimum Gasteiger partial charge on any atom is -0.391 e. The summed E-state index contributed by atoms with van der Waals surface area (Å²) in [6.45, 7) is 8.03. The molecular weight excluding hydrogens is 372 g/mol. The van der Waals surface area contributed by atoms with E-state index < -0.39 is 0 Å². The summed E-state index contributed by atoms with van der Waals surface area (Å²) in [5, 5.41) is 11.8. The third kappa shape index (κ3) is 3.54. The van der Waals surface area contributed by atoms with Gasteiger partial charge in [0.15, 0.2) is 0 Å². The molecule has 5 rings (SSSR count). The van der Waals surface area contributed by atoms with Crippen LogP contribution in [0.3, 0.4) is 0 Å². The molecule has 152 valence electrons. The summed E-state index contributed by atoms with van der Waals surface area (Å²) in [4.78, 5) is 17.4. The van der Waals surface area contributed by atoms with Gasteiger partial charge in [0.1, 0.15) is 16.5 Å². The molecule has 2 aromatic rings. The SMILES string of the molecule is CC1CCN(c2nc(CN3CCOCC3)nc3sc4c(c23)CCCC4)CC1O. The van der Waals surface area contributed by atoms with Crippen molar-refractivity contribution in [1.29, 1.82) is 0 Å². The lowest BCUT2D eigenvalue weighted by molar-refractivity contribution is 0.0331. The van der Waals surface area contributed by atoms with Crippen LogP contribution in [0.5, 0.6) is 0 Å². The van der Waals surface area contributed by atoms with Gasteiger partial charge < -0.3 is 14.7 Å². The summed E-state index contributed by atoms with van der Waals surface area (Å²) < 4.78 is 5.49. The Hall–Kier alpha value is -1.28. The number of fused-ring (bicyclic) bond motifs is 3. The average Bonchev–Trinajstić information content (AvgIpc) is 3.08. The molecule has 2 atom stereocenters. The van der Waals surface area contributed by atoms with Crippen LogP contribution in [-0.2, 0) is 24.1 Å². The minimum absolute atomic E-state index is 0.282. The molecule has 2 fully saturated rings. The van der Waals surface area contributed by atoms with Gasteiger partial charge in [-0.25, -0.2) is 9.97 Å². The Labute approximate surface area is 170 Å². The molecular formula is C21H30N4O2S. The lowest BCUT2D eigenvalue weighted by atomic mass is 9.94. The Bertz CT molecular complexity index is 849. The Kier molecular flexibility index (Phi) is 5.26. The lowest BCUT2D eigenvalue weighted by Gasteiger charge is -2.35. The van der Waals surface area contributed by atoms with Crippen molar-refractivity contribution < 1.29 is 9.84 Å². The maximum absolute atomic E-state index is 10.5. The first kappa shape index (κ1) is 18.7. The molecule has 0 saturated carbocycles. The van der Waals surface area contributed by atoms with E-state index in [9.17, 15) is 5.11 Å². The molecule has 6 nitrogen and oxygen atoms in total. The zero-order chi connectivity index (χ0) is 19.1. The quantitative estimate of drug-likeness (QED) is 0.852. The van der Waals surface area contributed by atoms with E-state index in [2.05, 4.69) is 16.7 Å². The Balaban J connectivity index is 1.55. The number of rotatable bonds is 3. The highest BCUT2D eigenvalue weighted by Gasteiger charge is 2.29. The second-order valence-electron chi connectivity index (χ2n) is 8.52. The largest absolute Gasteiger partial charge is 0.391 e. The maximum atomic E-state index is 10.5. The molecule has 2 unspecified atom stereocenters. The number of hydrogen-bond acceptors (Lipinski definition) is 7. The predicted octanol–water partition coefficient (Wildman–Crippen LogP) is 2.61. The lowest BCUT2D eigenvalue weighted by Crippen LogP contribution is -2.43. The number of aryl methyl sites for hydroxylation is 2. The molecule has 4 heterocycles. The molecule has 0 amide bonds. The van der Waals surface area contributed by atoms with E-state index in [1.165, 1.54) is 35.1 Å². The van der Waals surface area contributed by atoms with Crippen molar-refractivity contribution in [3.05, 3.63) is 16.3 Å². The minimum atomic E-state index is -0.282. The van der Waals surface area contributed by atoms with Crippen molar-refractivity contribution in [2.24, 2.45) is 5.92 Å². The fourth-order valence-electron chi connectivity index (χ4n) is 4.68. The van der Waals surface area contributed by atoms with Crippen LogP contribution in [0, 0.1) is 5.92 Å². The highest BCUT2D eigenvalue weighted by atomic mass is 32.1. The second kappa shape index (κ2) is 7.86. The number of ether oxygens (including phenoxy) is 1. The molecule has 0 spiro atoms. The summed E-state index contributed by atoms with van der Waals surface area (Å²) in [5.74, 6) is 2.34. The van der Waals surface area contributed by atoms with Crippen molar-refractivity contribution in [2.45, 2.75) is 51.7 Å². The van der Waals surface area contributed by atoms with E-state index in [-0.39, 0.29) is 6.10 Å². The van der Waals surface area contributed by atoms with Gasteiger partial charge in [-0.15, -0.1) is 11.3 Å². The molecule has 7 heteroatoms. The molecule has 1 N–H and O–H groups in total. The number of hydrogen-bond donors (Lipinski definition) is 1. The number of thiophene rings is 1. The number of anilines is 1. The molecule has 2 aliphatic heterocycles. The third-order valence-electron chi connectivity index (χ3n) is 6.53. The predicted molar refractivity (Wildman–Crippen MR) is 112 cm³/mol. The van der Waals surface area contributed by atoms with E-state index in [0.717, 1.165) is 68.7 Å². The first-order valence-corrected chi connectivity index (χ1v) is 11.5. The summed E-state index contributed by atoms with van der Waals surface area (Å²) in [6.07, 6.45) is 5.58. The van der Waals surface area contributed by atoms with E-state index in [0.29, 0.717) is 12.5 Å². The van der Waals surface area contributed by atoms with E-state index in [4.69, 9.17) is 14.7 Å². The van der Waals surface area contributed by atoms with E-state index >= 15 is 0 Å². The van der Waals surface area contributed by atoms with E-state index in [1.807, 2.05) is 11.3 Å². The Morgan fingerprint density at radius 3 is 2.79 bits per heavy atom. The molecule has 0 aromatic carbocycles. The monoisotopic (exact) mass is 402 g/mol. The van der Waals surface area contributed by atoms with Gasteiger partial charge in [-0.2, -0.15) is 0 Å². The number of piperidine rings is 1. The van der Waals surface area contributed by atoms with Gasteiger partial charge in [-0.3, -0.25) is 4.90 Å². The van der Waals surface area contributed by atoms with Gasteiger partial charge >= 0.3 is 0 Å². The zero-order valence-electron chi connectivity index (χ0n) is 16.7. The Morgan fingerprint density at radius 2 is 1.96 bits per heavy atom. The zero-order valence-corrected chi connectivity index (χ0v) is 17.5. The highest BCUT2D eigenvalue weighted by Crippen LogP contribution is 2.40. The first-order chi connectivity index (χ1) is 13.7. The molecule has 0 bridgehead atoms. The normalized spacial score (nSPS) is 26.6. The Morgan fingerprint density at radius 1 is 1.14 bits per heavy atom. The van der Waals surface area contributed by atoms with Gasteiger partial charge in [0.05, 0.1) is 31.2 Å². The average molecular weight is 403 g/mol. The number of morpholine rings is 1. The molecule has 0 radical (unpaired) electrons. The van der Waals surface area contributed by atoms with Crippen molar-refractivity contribution in [1.82, 2.24) is 14.9 Å². The van der Waals surface area contributed by atoms with Crippen LogP contribution in [0.15, 0.2) is 0 Å². The van der Waals surface area contributed by atoms with Gasteiger partial charge in [-0.05, 0) is 43.6 Å². The topological polar surface area (TPSA) is 61.7 Å². The molecule has 28 heavy (non-hydrogen) atoms. The van der Waals surface area contributed by atoms with Crippen LogP contribution in [0.1, 0.15) is 42.5 Å². The number of aromatic nitrogens is 2. The fourth-order valence-corrected chi connectivity index (χ4v) is 5.96. The van der Waals surface area contributed by atoms with Crippen LogP contribution in [0.25, 0.3) is 10.2 Å². The van der Waals surface area contributed by atoms with Crippen LogP contribution < -0.4 is 4.90 Å². The number of aliphatic hydroxyl groups excluding tert-OH is 1. The maximum Gasteiger partial charge on any atom is 0.146 e. The third-order valence-corrected chi connectivity index (χ3v) is 7.71. The van der Waals surface area contributed by atoms with Crippen molar-refractivity contribution >= 4 is 27.4 Å². The standard InChI is InChI=1S/C21H30N4O2S/c1-14-6-7-25(12-16(14)26)20-19-15-4-2-3-5-17(15)28-21(19)23-18(22-20)13-24-8-10-27-11-9-24/h14,16,26H,2-13H2,1H3. The van der Waals surface area contributed by atoms with Crippen LogP contribution in [0.2, 0.25) is 0 Å². The number of aliphatic hydroxyl groups is 1. The second-order valence-corrected chi connectivity index (χ2v) is 9.61. The van der Waals surface area contributed by atoms with Crippen LogP contribution >= 0.6 is 11.3 Å². The summed E-state index contributed by atoms with van der Waals surface area (Å²) >= 11 is 1.87. The van der Waals surface area contributed by atoms with Gasteiger partial charge in [0, 0.05) is 31.1 Å². The van der Waals surface area contributed by atoms with Gasteiger partial charge in [0.25, 0.3) is 0 Å². The smallest absolute Gasteiger partial charge is 0.146 e. The van der Waals surface area contributed by atoms with Crippen molar-refractivity contribution in [2.75, 3.05) is 44.3 Å². The number of β-amino-alcohol motifs (C(OH)–C–C–N with tert-alkyl or cyclic N) is 1. The van der Waals surface area contributed by atoms with Crippen LogP contribution in [-0.4, -0.2) is 65.5 Å².